The number of hydrogen-bond acceptors (Lipinski definition) is 7. The fraction of sp³-hybridized carbons (Fsp3) is 0. The molecule has 0 radical (unpaired) electrons. The van der Waals surface area contributed by atoms with E-state index in [9.17, 15) is 0 Å². The maximum absolute atomic E-state index is 6.04. The monoisotopic (exact) mass is 370 g/mol. The molecule has 3 aromatic heterocycles. The number of fused-ring (bicyclic) bond motifs is 1. The van der Waals surface area contributed by atoms with Gasteiger partial charge in [0.15, 0.2) is 11.5 Å². The fourth-order valence-corrected chi connectivity index (χ4v) is 3.01. The first-order chi connectivity index (χ1) is 13.8. The third-order valence-electron chi connectivity index (χ3n) is 4.36. The van der Waals surface area contributed by atoms with Gasteiger partial charge in [-0.15, -0.1) is 10.2 Å². The maximum atomic E-state index is 6.04. The van der Waals surface area contributed by atoms with Gasteiger partial charge in [-0.2, -0.15) is 0 Å². The van der Waals surface area contributed by atoms with Crippen molar-refractivity contribution in [2.75, 3.05) is 5.73 Å². The lowest BCUT2D eigenvalue weighted by atomic mass is 10.1. The molecule has 0 atom stereocenters. The number of benzene rings is 2. The molecule has 7 heteroatoms. The topological polar surface area (TPSA) is 104 Å². The Bertz CT molecular complexity index is 1290. The first kappa shape index (κ1) is 16.1. The summed E-state index contributed by atoms with van der Waals surface area (Å²) in [6, 6.07) is 19.3. The molecule has 7 nitrogen and oxygen atoms in total. The van der Waals surface area contributed by atoms with Gasteiger partial charge in [0.2, 0.25) is 5.89 Å². The number of para-hydroxylation sites is 1. The predicted molar refractivity (Wildman–Crippen MR) is 110 cm³/mol. The number of aromatic nitrogens is 5. The van der Waals surface area contributed by atoms with Crippen molar-refractivity contribution in [3.8, 4) is 34.3 Å². The Morgan fingerprint density at radius 1 is 0.821 bits per heavy atom. The van der Waals surface area contributed by atoms with Crippen molar-refractivity contribution < 1.29 is 7.27 Å². The van der Waals surface area contributed by atoms with Gasteiger partial charge in [0, 0.05) is 25.6 Å². The molecule has 0 bridgehead atoms. The maximum Gasteiger partial charge on any atom is 0.270 e. The van der Waals surface area contributed by atoms with Gasteiger partial charge in [0.05, 0.1) is 17.4 Å². The van der Waals surface area contributed by atoms with Gasteiger partial charge in [-0.25, -0.2) is 9.97 Å². The molecule has 0 amide bonds. The Kier molecular flexibility index (Phi) is 3.76. The lowest BCUT2D eigenvalue weighted by Gasteiger charge is -2.07. The summed E-state index contributed by atoms with van der Waals surface area (Å²) in [5, 5.41) is 9.23. The summed E-state index contributed by atoms with van der Waals surface area (Å²) in [6.07, 6.45) is 3.37. The van der Waals surface area contributed by atoms with Crippen molar-refractivity contribution >= 4 is 16.7 Å². The molecule has 5 rings (SSSR count). The molecule has 0 aliphatic heterocycles. The van der Waals surface area contributed by atoms with E-state index < -0.39 is 0 Å². The lowest BCUT2D eigenvalue weighted by molar-refractivity contribution is 0.582. The van der Waals surface area contributed by atoms with Gasteiger partial charge in [-0.1, -0.05) is 42.5 Å². The van der Waals surface area contributed by atoms with E-state index in [0.717, 1.165) is 22.0 Å². The first-order valence-electron chi connectivity index (χ1n) is 8.65. The van der Waals surface area contributed by atoms with E-state index >= 15 is 0 Å². The average Bonchev–Trinajstić information content (AvgIpc) is 3.24. The number of rotatable bonds is 3. The van der Waals surface area contributed by atoms with Crippen molar-refractivity contribution in [3.05, 3.63) is 73.1 Å². The second-order valence-electron chi connectivity index (χ2n) is 6.15. The molecule has 28 heavy (non-hydrogen) atoms. The van der Waals surface area contributed by atoms with Crippen LogP contribution in [0.25, 0.3) is 45.2 Å². The number of nitrogen functional groups attached to an aromatic ring is 1. The molecule has 0 saturated carbocycles. The minimum atomic E-state index is 0. The van der Waals surface area contributed by atoms with Gasteiger partial charge in [0.1, 0.15) is 0 Å². The largest absolute Gasteiger partial charge is 0.414 e. The molecule has 0 spiro atoms. The zero-order valence-corrected chi connectivity index (χ0v) is 14.6. The highest BCUT2D eigenvalue weighted by atomic mass is 16.4. The van der Waals surface area contributed by atoms with Gasteiger partial charge >= 0.3 is 0 Å². The van der Waals surface area contributed by atoms with Crippen LogP contribution in [0.1, 0.15) is 2.85 Å². The number of anilines is 1. The van der Waals surface area contributed by atoms with Crippen molar-refractivity contribution in [2.24, 2.45) is 0 Å². The molecule has 138 valence electrons. The summed E-state index contributed by atoms with van der Waals surface area (Å²) in [6.45, 7) is 0. The first-order valence-corrected chi connectivity index (χ1v) is 8.65. The van der Waals surface area contributed by atoms with Crippen LogP contribution in [0.15, 0.2) is 77.5 Å². The third kappa shape index (κ3) is 2.75. The molecular weight excluding hydrogens is 352 g/mol. The van der Waals surface area contributed by atoms with Crippen molar-refractivity contribution in [1.82, 2.24) is 25.1 Å². The van der Waals surface area contributed by atoms with Crippen molar-refractivity contribution in [1.29, 1.82) is 0 Å². The molecule has 0 aliphatic rings. The fourth-order valence-electron chi connectivity index (χ4n) is 3.01. The van der Waals surface area contributed by atoms with E-state index in [4.69, 9.17) is 10.2 Å². The summed E-state index contributed by atoms with van der Waals surface area (Å²) < 4.78 is 5.79. The van der Waals surface area contributed by atoms with Gasteiger partial charge in [-0.3, -0.25) is 4.98 Å². The number of pyridine rings is 1. The van der Waals surface area contributed by atoms with E-state index in [1.165, 1.54) is 0 Å². The highest BCUT2D eigenvalue weighted by molar-refractivity contribution is 5.92. The standard InChI is InChI=1S/C21H14N6O.2H2/c22-19-18(21-27-26-20(28-21)14-6-2-1-3-7-14)25-16(12-24-19)15-10-4-8-13-9-5-11-23-17(13)15;;/h1-12H,(H2,22,24);2*1H. The minimum Gasteiger partial charge on any atom is -0.414 e. The van der Waals surface area contributed by atoms with Crippen LogP contribution in [0.4, 0.5) is 5.82 Å². The normalized spacial score (nSPS) is 11.0. The van der Waals surface area contributed by atoms with E-state index in [0.29, 0.717) is 17.3 Å². The van der Waals surface area contributed by atoms with Crippen LogP contribution < -0.4 is 5.73 Å². The van der Waals surface area contributed by atoms with E-state index in [-0.39, 0.29) is 14.6 Å². The second kappa shape index (κ2) is 6.55. The summed E-state index contributed by atoms with van der Waals surface area (Å²) >= 11 is 0. The summed E-state index contributed by atoms with van der Waals surface area (Å²) in [4.78, 5) is 13.4. The zero-order valence-electron chi connectivity index (χ0n) is 14.6. The minimum absolute atomic E-state index is 0. The molecule has 2 aromatic carbocycles. The molecule has 2 N–H and O–H groups in total. The zero-order chi connectivity index (χ0) is 18.9. The van der Waals surface area contributed by atoms with Crippen LogP contribution in [0.3, 0.4) is 0 Å². The summed E-state index contributed by atoms with van der Waals surface area (Å²) in [7, 11) is 0. The van der Waals surface area contributed by atoms with Gasteiger partial charge < -0.3 is 10.2 Å². The molecule has 0 fully saturated rings. The molecule has 0 unspecified atom stereocenters. The lowest BCUT2D eigenvalue weighted by Crippen LogP contribution is -1.99. The number of hydrogen-bond donors (Lipinski definition) is 1. The van der Waals surface area contributed by atoms with E-state index in [1.54, 1.807) is 12.4 Å². The SMILES string of the molecule is Nc1ncc(-c2cccc3cccnc23)nc1-c1nnc(-c2ccccc2)o1.[HH].[HH]. The number of nitrogens with two attached hydrogens (primary N) is 1. The Hall–Kier alpha value is -4.13. The number of nitrogens with zero attached hydrogens (tertiary/aromatic N) is 5. The Morgan fingerprint density at radius 2 is 1.64 bits per heavy atom. The highest BCUT2D eigenvalue weighted by Gasteiger charge is 2.17. The smallest absolute Gasteiger partial charge is 0.270 e. The van der Waals surface area contributed by atoms with Crippen LogP contribution in [0, 0.1) is 0 Å². The van der Waals surface area contributed by atoms with Crippen molar-refractivity contribution in [3.63, 3.8) is 0 Å². The molecule has 5 aromatic rings. The van der Waals surface area contributed by atoms with Crippen LogP contribution in [-0.2, 0) is 0 Å². The van der Waals surface area contributed by atoms with E-state index in [2.05, 4.69) is 25.1 Å². The summed E-state index contributed by atoms with van der Waals surface area (Å²) in [5.41, 5.74) is 9.54. The van der Waals surface area contributed by atoms with Gasteiger partial charge in [0.25, 0.3) is 5.89 Å². The molecular formula is C21H18N6O. The van der Waals surface area contributed by atoms with Crippen LogP contribution in [0.2, 0.25) is 0 Å². The second-order valence-corrected chi connectivity index (χ2v) is 6.15. The summed E-state index contributed by atoms with van der Waals surface area (Å²) in [5.74, 6) is 0.841. The highest BCUT2D eigenvalue weighted by Crippen LogP contribution is 2.30. The quantitative estimate of drug-likeness (QED) is 0.499. The van der Waals surface area contributed by atoms with Gasteiger partial charge in [-0.05, 0) is 18.2 Å². The van der Waals surface area contributed by atoms with Crippen molar-refractivity contribution in [2.45, 2.75) is 0 Å². The Labute approximate surface area is 162 Å². The average molecular weight is 370 g/mol. The molecule has 3 heterocycles. The molecule has 0 aliphatic carbocycles. The Balaban J connectivity index is 0.00000128. The van der Waals surface area contributed by atoms with Crippen LogP contribution >= 0.6 is 0 Å². The Morgan fingerprint density at radius 3 is 2.54 bits per heavy atom. The third-order valence-corrected chi connectivity index (χ3v) is 4.36. The van der Waals surface area contributed by atoms with E-state index in [1.807, 2.05) is 60.7 Å². The molecule has 0 saturated heterocycles. The van der Waals surface area contributed by atoms with Crippen LogP contribution in [0.5, 0.6) is 0 Å². The predicted octanol–water partition coefficient (Wildman–Crippen LogP) is 4.48. The van der Waals surface area contributed by atoms with Crippen LogP contribution in [-0.4, -0.2) is 25.1 Å².